The van der Waals surface area contributed by atoms with Gasteiger partial charge in [-0.05, 0) is 0 Å². The molecule has 4 heteroatoms. The third kappa shape index (κ3) is 7.47. The van der Waals surface area contributed by atoms with Crippen molar-refractivity contribution in [2.24, 2.45) is 0 Å². The first-order valence-corrected chi connectivity index (χ1v) is 4.78. The van der Waals surface area contributed by atoms with Crippen molar-refractivity contribution in [2.75, 3.05) is 21.3 Å². The second-order valence-electron chi connectivity index (χ2n) is 2.66. The molecule has 1 aromatic rings. The van der Waals surface area contributed by atoms with Crippen LogP contribution in [0.1, 0.15) is 24.0 Å². The summed E-state index contributed by atoms with van der Waals surface area (Å²) in [6, 6.07) is 8.44. The van der Waals surface area contributed by atoms with Crippen molar-refractivity contribution in [3.63, 3.8) is 0 Å². The molecule has 0 saturated heterocycles. The predicted octanol–water partition coefficient (Wildman–Crippen LogP) is -0.453. The minimum absolute atomic E-state index is 0. The van der Waals surface area contributed by atoms with Crippen LogP contribution in [-0.2, 0) is 21.7 Å². The van der Waals surface area contributed by atoms with E-state index in [-0.39, 0.29) is 21.7 Å². The average molecular weight is 270 g/mol. The molecular weight excluding hydrogens is 252 g/mol. The van der Waals surface area contributed by atoms with Crippen molar-refractivity contribution >= 4 is 6.08 Å². The number of hydrogen-bond acceptors (Lipinski definition) is 3. The topological polar surface area (TPSA) is 69.2 Å². The molecule has 0 amide bonds. The molecule has 3 nitrogen and oxygen atoms in total. The molecule has 0 spiro atoms. The molecule has 1 aliphatic rings. The molecule has 0 fully saturated rings. The molecular formula is C13H18O3Ti. The summed E-state index contributed by atoms with van der Waals surface area (Å²) < 4.78 is 0. The molecule has 1 atom stereocenters. The maximum atomic E-state index is 8.25. The molecule has 1 unspecified atom stereocenters. The summed E-state index contributed by atoms with van der Waals surface area (Å²) >= 11 is 0. The number of hydrogen-bond donors (Lipinski definition) is 0. The smallest absolute Gasteiger partial charge is 0.857 e. The molecule has 0 aliphatic heterocycles. The largest absolute Gasteiger partial charge is 4.00 e. The zero-order valence-electron chi connectivity index (χ0n) is 10.7. The molecule has 0 N–H and O–H groups in total. The fourth-order valence-electron chi connectivity index (χ4n) is 1.34. The summed E-state index contributed by atoms with van der Waals surface area (Å²) in [5, 5.41) is 24.8. The van der Waals surface area contributed by atoms with Crippen molar-refractivity contribution in [3.05, 3.63) is 41.5 Å². The van der Waals surface area contributed by atoms with Crippen molar-refractivity contribution in [1.82, 2.24) is 0 Å². The van der Waals surface area contributed by atoms with Crippen LogP contribution in [-0.4, -0.2) is 21.3 Å². The monoisotopic (exact) mass is 270 g/mol. The minimum Gasteiger partial charge on any atom is -0.857 e. The van der Waals surface area contributed by atoms with Crippen LogP contribution in [0.2, 0.25) is 0 Å². The Bertz CT molecular complexity index is 288. The third-order valence-corrected chi connectivity index (χ3v) is 1.95. The van der Waals surface area contributed by atoms with Gasteiger partial charge in [-0.2, -0.15) is 26.9 Å². The van der Waals surface area contributed by atoms with Crippen LogP contribution in [0.4, 0.5) is 0 Å². The Hall–Kier alpha value is -0.446. The summed E-state index contributed by atoms with van der Waals surface area (Å²) in [5.41, 5.74) is 2.73. The SMILES string of the molecule is CC1[C-]=Cc2ccccc21.C[O-].C[O-].C[O-].[Ti+4]. The summed E-state index contributed by atoms with van der Waals surface area (Å²) in [7, 11) is 2.25. The van der Waals surface area contributed by atoms with E-state index in [1.807, 2.05) is 0 Å². The van der Waals surface area contributed by atoms with Crippen LogP contribution in [0.25, 0.3) is 6.08 Å². The Labute approximate surface area is 119 Å². The van der Waals surface area contributed by atoms with Gasteiger partial charge in [0.2, 0.25) is 0 Å². The Kier molecular flexibility index (Phi) is 19.9. The van der Waals surface area contributed by atoms with Crippen molar-refractivity contribution in [1.29, 1.82) is 0 Å². The van der Waals surface area contributed by atoms with Crippen LogP contribution in [0.3, 0.4) is 0 Å². The Morgan fingerprint density at radius 2 is 1.41 bits per heavy atom. The zero-order chi connectivity index (χ0) is 13.0. The molecule has 1 aromatic carbocycles. The van der Waals surface area contributed by atoms with Gasteiger partial charge in [0.25, 0.3) is 0 Å². The second kappa shape index (κ2) is 15.6. The molecule has 92 valence electrons. The van der Waals surface area contributed by atoms with Gasteiger partial charge in [0.1, 0.15) is 0 Å². The van der Waals surface area contributed by atoms with Crippen LogP contribution < -0.4 is 15.3 Å². The summed E-state index contributed by atoms with van der Waals surface area (Å²) in [6.07, 6.45) is 5.33. The second-order valence-corrected chi connectivity index (χ2v) is 2.66. The normalized spacial score (nSPS) is 13.5. The first kappa shape index (κ1) is 21.8. The first-order chi connectivity index (χ1) is 7.88. The van der Waals surface area contributed by atoms with E-state index in [2.05, 4.69) is 43.3 Å². The van der Waals surface area contributed by atoms with Gasteiger partial charge in [0, 0.05) is 0 Å². The van der Waals surface area contributed by atoms with Crippen molar-refractivity contribution in [2.45, 2.75) is 12.8 Å². The molecule has 0 aromatic heterocycles. The number of fused-ring (bicyclic) bond motifs is 1. The molecule has 0 saturated carbocycles. The maximum Gasteiger partial charge on any atom is 4.00 e. The summed E-state index contributed by atoms with van der Waals surface area (Å²) in [5.74, 6) is 0.496. The van der Waals surface area contributed by atoms with Gasteiger partial charge >= 0.3 is 21.7 Å². The van der Waals surface area contributed by atoms with E-state index in [0.29, 0.717) is 5.92 Å². The molecule has 0 heterocycles. The van der Waals surface area contributed by atoms with E-state index in [9.17, 15) is 0 Å². The average Bonchev–Trinajstić information content (AvgIpc) is 2.79. The molecule has 0 bridgehead atoms. The van der Waals surface area contributed by atoms with E-state index in [4.69, 9.17) is 15.3 Å². The number of allylic oxidation sites excluding steroid dienone is 1. The van der Waals surface area contributed by atoms with Crippen molar-refractivity contribution < 1.29 is 37.0 Å². The maximum absolute atomic E-state index is 8.25. The van der Waals surface area contributed by atoms with Gasteiger partial charge in [0.15, 0.2) is 0 Å². The molecule has 1 aliphatic carbocycles. The Morgan fingerprint density at radius 1 is 0.941 bits per heavy atom. The van der Waals surface area contributed by atoms with Gasteiger partial charge in [0.05, 0.1) is 0 Å². The van der Waals surface area contributed by atoms with Gasteiger partial charge in [-0.3, -0.25) is 6.08 Å². The fourth-order valence-corrected chi connectivity index (χ4v) is 1.34. The van der Waals surface area contributed by atoms with Gasteiger partial charge in [-0.15, -0.1) is 11.6 Å². The first-order valence-electron chi connectivity index (χ1n) is 4.78. The van der Waals surface area contributed by atoms with Gasteiger partial charge in [-0.25, -0.2) is 6.08 Å². The van der Waals surface area contributed by atoms with E-state index >= 15 is 0 Å². The number of benzene rings is 1. The molecule has 17 heavy (non-hydrogen) atoms. The van der Waals surface area contributed by atoms with Crippen LogP contribution in [0.15, 0.2) is 24.3 Å². The summed E-state index contributed by atoms with van der Waals surface area (Å²) in [4.78, 5) is 0. The van der Waals surface area contributed by atoms with Crippen LogP contribution >= 0.6 is 0 Å². The quantitative estimate of drug-likeness (QED) is 0.473. The zero-order valence-corrected chi connectivity index (χ0v) is 12.3. The van der Waals surface area contributed by atoms with Crippen LogP contribution in [0, 0.1) is 6.08 Å². The van der Waals surface area contributed by atoms with Gasteiger partial charge < -0.3 is 15.3 Å². The molecule has 0 radical (unpaired) electrons. The van der Waals surface area contributed by atoms with Gasteiger partial charge in [-0.1, -0.05) is 31.0 Å². The third-order valence-electron chi connectivity index (χ3n) is 1.95. The Balaban J connectivity index is -0.000000248. The Morgan fingerprint density at radius 3 is 1.88 bits per heavy atom. The molecule has 2 rings (SSSR count). The van der Waals surface area contributed by atoms with Crippen molar-refractivity contribution in [3.8, 4) is 0 Å². The fraction of sp³-hybridized carbons (Fsp3) is 0.385. The van der Waals surface area contributed by atoms with E-state index in [1.165, 1.54) is 11.1 Å². The standard InChI is InChI=1S/C10H9.3CH3O.Ti/c1-8-6-7-9-4-2-3-5-10(8)9;3*1-2;/h2-5,7-8H,1H3;3*1H3;/q4*-1;+4. The predicted molar refractivity (Wildman–Crippen MR) is 60.3 cm³/mol. The minimum atomic E-state index is 0. The van der Waals surface area contributed by atoms with E-state index in [0.717, 1.165) is 21.3 Å². The van der Waals surface area contributed by atoms with E-state index < -0.39 is 0 Å². The summed E-state index contributed by atoms with van der Waals surface area (Å²) in [6.45, 7) is 2.17. The number of rotatable bonds is 0. The van der Waals surface area contributed by atoms with Crippen LogP contribution in [0.5, 0.6) is 0 Å². The van der Waals surface area contributed by atoms with E-state index in [1.54, 1.807) is 0 Å².